The van der Waals surface area contributed by atoms with Crippen LogP contribution in [0.3, 0.4) is 0 Å². The minimum absolute atomic E-state index is 0.206. The lowest BCUT2D eigenvalue weighted by atomic mass is 9.96. The zero-order valence-corrected chi connectivity index (χ0v) is 16.5. The van der Waals surface area contributed by atoms with Gasteiger partial charge in [-0.2, -0.15) is 4.98 Å². The summed E-state index contributed by atoms with van der Waals surface area (Å²) < 4.78 is 8.21. The molecule has 2 aromatic carbocycles. The average molecular weight is 392 g/mol. The average Bonchev–Trinajstić information content (AvgIpc) is 3.06. The predicted molar refractivity (Wildman–Crippen MR) is 112 cm³/mol. The van der Waals surface area contributed by atoms with Gasteiger partial charge in [-0.15, -0.1) is 0 Å². The molecule has 2 aromatic heterocycles. The number of hydrogen-bond acceptors (Lipinski definition) is 5. The van der Waals surface area contributed by atoms with Gasteiger partial charge in [0, 0.05) is 6.07 Å². The third-order valence-corrected chi connectivity index (χ3v) is 5.78. The van der Waals surface area contributed by atoms with E-state index >= 15 is 0 Å². The van der Waals surface area contributed by atoms with Crippen molar-refractivity contribution in [1.82, 2.24) is 9.38 Å². The number of carbonyl (C=O) groups excluding carboxylic acids is 1. The Morgan fingerprint density at radius 1 is 1.14 bits per heavy atom. The van der Waals surface area contributed by atoms with Crippen molar-refractivity contribution < 1.29 is 9.53 Å². The third kappa shape index (κ3) is 3.20. The fraction of sp³-hybridized carbons (Fsp3) is 0.227. The van der Waals surface area contributed by atoms with E-state index < -0.39 is 0 Å². The first kappa shape index (κ1) is 18.4. The van der Waals surface area contributed by atoms with E-state index in [1.54, 1.807) is 6.07 Å². The predicted octanol–water partition coefficient (Wildman–Crippen LogP) is 4.63. The summed E-state index contributed by atoms with van der Waals surface area (Å²) in [5, 5.41) is 0. The molecule has 142 valence electrons. The van der Waals surface area contributed by atoms with Gasteiger partial charge in [0.15, 0.2) is 4.96 Å². The number of aromatic nitrogens is 2. The maximum Gasteiger partial charge on any atom is 0.313 e. The highest BCUT2D eigenvalue weighted by Crippen LogP contribution is 2.32. The van der Waals surface area contributed by atoms with Crippen LogP contribution in [-0.2, 0) is 9.53 Å². The highest BCUT2D eigenvalue weighted by Gasteiger charge is 2.21. The third-order valence-electron chi connectivity index (χ3n) is 4.78. The largest absolute Gasteiger partial charge is 0.466 e. The minimum atomic E-state index is -0.295. The van der Waals surface area contributed by atoms with Crippen LogP contribution in [-0.4, -0.2) is 22.0 Å². The summed E-state index contributed by atoms with van der Waals surface area (Å²) in [4.78, 5) is 29.3. The standard InChI is InChI=1S/C22H20N2O3S/c1-3-16(21(26)27-4-2)15-10-11-17-19(12-15)28-22-23-20(25)13-18(24(17)22)14-8-6-5-7-9-14/h5-13,16H,3-4H2,1-2H3. The Morgan fingerprint density at radius 2 is 1.93 bits per heavy atom. The molecule has 0 radical (unpaired) electrons. The van der Waals surface area contributed by atoms with E-state index in [1.807, 2.05) is 66.8 Å². The topological polar surface area (TPSA) is 60.7 Å². The molecule has 0 aliphatic rings. The van der Waals surface area contributed by atoms with Crippen molar-refractivity contribution in [1.29, 1.82) is 0 Å². The van der Waals surface area contributed by atoms with Crippen LogP contribution in [0.2, 0.25) is 0 Å². The van der Waals surface area contributed by atoms with E-state index in [1.165, 1.54) is 11.3 Å². The number of nitrogens with zero attached hydrogens (tertiary/aromatic N) is 2. The van der Waals surface area contributed by atoms with Crippen molar-refractivity contribution in [3.63, 3.8) is 0 Å². The second-order valence-corrected chi connectivity index (χ2v) is 7.51. The van der Waals surface area contributed by atoms with Crippen LogP contribution in [0.25, 0.3) is 26.4 Å². The number of rotatable bonds is 5. The number of esters is 1. The summed E-state index contributed by atoms with van der Waals surface area (Å²) >= 11 is 1.45. The fourth-order valence-electron chi connectivity index (χ4n) is 3.48. The molecule has 0 aliphatic carbocycles. The van der Waals surface area contributed by atoms with Crippen molar-refractivity contribution in [3.05, 3.63) is 70.5 Å². The lowest BCUT2D eigenvalue weighted by Crippen LogP contribution is -2.15. The van der Waals surface area contributed by atoms with E-state index in [-0.39, 0.29) is 17.4 Å². The number of hydrogen-bond donors (Lipinski definition) is 0. The summed E-state index contributed by atoms with van der Waals surface area (Å²) in [5.74, 6) is -0.501. The smallest absolute Gasteiger partial charge is 0.313 e. The number of carbonyl (C=O) groups is 1. The number of benzene rings is 2. The maximum atomic E-state index is 12.3. The van der Waals surface area contributed by atoms with Crippen LogP contribution in [0, 0.1) is 0 Å². The molecular formula is C22H20N2O3S. The maximum absolute atomic E-state index is 12.3. The van der Waals surface area contributed by atoms with Gasteiger partial charge in [-0.1, -0.05) is 54.7 Å². The Kier molecular flexibility index (Phi) is 4.96. The highest BCUT2D eigenvalue weighted by molar-refractivity contribution is 7.23. The van der Waals surface area contributed by atoms with Crippen LogP contribution >= 0.6 is 11.3 Å². The van der Waals surface area contributed by atoms with Gasteiger partial charge < -0.3 is 4.74 Å². The van der Waals surface area contributed by atoms with Gasteiger partial charge in [-0.3, -0.25) is 14.0 Å². The van der Waals surface area contributed by atoms with E-state index in [9.17, 15) is 9.59 Å². The quantitative estimate of drug-likeness (QED) is 0.465. The first-order valence-electron chi connectivity index (χ1n) is 9.30. The number of ether oxygens (including phenoxy) is 1. The van der Waals surface area contributed by atoms with Crippen molar-refractivity contribution in [2.75, 3.05) is 6.61 Å². The molecule has 0 fully saturated rings. The van der Waals surface area contributed by atoms with Crippen LogP contribution in [0.5, 0.6) is 0 Å². The van der Waals surface area contributed by atoms with Crippen LogP contribution in [0.4, 0.5) is 0 Å². The normalized spacial score (nSPS) is 12.4. The van der Waals surface area contributed by atoms with Gasteiger partial charge in [-0.25, -0.2) is 0 Å². The first-order valence-corrected chi connectivity index (χ1v) is 10.1. The Morgan fingerprint density at radius 3 is 2.64 bits per heavy atom. The second kappa shape index (κ2) is 7.56. The molecule has 0 amide bonds. The molecular weight excluding hydrogens is 372 g/mol. The zero-order valence-electron chi connectivity index (χ0n) is 15.7. The summed E-state index contributed by atoms with van der Waals surface area (Å²) in [6.07, 6.45) is 0.667. The number of thiazole rings is 1. The Hall–Kier alpha value is -2.99. The molecule has 1 unspecified atom stereocenters. The molecule has 4 rings (SSSR count). The van der Waals surface area contributed by atoms with Crippen molar-refractivity contribution >= 4 is 32.5 Å². The monoisotopic (exact) mass is 392 g/mol. The molecule has 0 saturated heterocycles. The fourth-order valence-corrected chi connectivity index (χ4v) is 4.56. The van der Waals surface area contributed by atoms with E-state index in [4.69, 9.17) is 4.74 Å². The Bertz CT molecular complexity index is 1210. The molecule has 0 aliphatic heterocycles. The molecule has 4 aromatic rings. The number of fused-ring (bicyclic) bond motifs is 3. The van der Waals surface area contributed by atoms with Crippen molar-refractivity contribution in [2.24, 2.45) is 0 Å². The Labute approximate surface area is 166 Å². The van der Waals surface area contributed by atoms with Gasteiger partial charge >= 0.3 is 5.97 Å². The van der Waals surface area contributed by atoms with Crippen LogP contribution in [0.15, 0.2) is 59.4 Å². The molecule has 0 bridgehead atoms. The molecule has 28 heavy (non-hydrogen) atoms. The molecule has 5 nitrogen and oxygen atoms in total. The van der Waals surface area contributed by atoms with Crippen molar-refractivity contribution in [3.8, 4) is 11.3 Å². The van der Waals surface area contributed by atoms with E-state index in [0.717, 1.165) is 27.0 Å². The summed E-state index contributed by atoms with van der Waals surface area (Å²) in [6.45, 7) is 4.16. The van der Waals surface area contributed by atoms with E-state index in [0.29, 0.717) is 18.0 Å². The molecule has 2 heterocycles. The van der Waals surface area contributed by atoms with Crippen LogP contribution in [0.1, 0.15) is 31.7 Å². The van der Waals surface area contributed by atoms with E-state index in [2.05, 4.69) is 4.98 Å². The van der Waals surface area contributed by atoms with Gasteiger partial charge in [-0.05, 0) is 36.6 Å². The van der Waals surface area contributed by atoms with Crippen molar-refractivity contribution in [2.45, 2.75) is 26.2 Å². The lowest BCUT2D eigenvalue weighted by molar-refractivity contribution is -0.145. The summed E-state index contributed by atoms with van der Waals surface area (Å²) in [6, 6.07) is 17.3. The summed E-state index contributed by atoms with van der Waals surface area (Å²) in [5.41, 5.74) is 3.40. The van der Waals surface area contributed by atoms with Gasteiger partial charge in [0.05, 0.1) is 28.4 Å². The Balaban J connectivity index is 1.92. The van der Waals surface area contributed by atoms with Gasteiger partial charge in [0.2, 0.25) is 0 Å². The highest BCUT2D eigenvalue weighted by atomic mass is 32.1. The molecule has 1 atom stereocenters. The molecule has 0 saturated carbocycles. The summed E-state index contributed by atoms with van der Waals surface area (Å²) in [7, 11) is 0. The second-order valence-electron chi connectivity index (χ2n) is 6.51. The zero-order chi connectivity index (χ0) is 19.7. The van der Waals surface area contributed by atoms with Gasteiger partial charge in [0.1, 0.15) is 0 Å². The lowest BCUT2D eigenvalue weighted by Gasteiger charge is -2.14. The molecule has 0 spiro atoms. The molecule has 6 heteroatoms. The molecule has 0 N–H and O–H groups in total. The van der Waals surface area contributed by atoms with Gasteiger partial charge in [0.25, 0.3) is 5.56 Å². The SMILES string of the molecule is CCOC(=O)C(CC)c1ccc2c(c1)sc1nc(=O)cc(-c3ccccc3)n12. The minimum Gasteiger partial charge on any atom is -0.466 e. The first-order chi connectivity index (χ1) is 13.6. The van der Waals surface area contributed by atoms with Crippen LogP contribution < -0.4 is 5.56 Å².